The zero-order chi connectivity index (χ0) is 19.2. The van der Waals surface area contributed by atoms with Gasteiger partial charge >= 0.3 is 0 Å². The number of nitrogens with one attached hydrogen (secondary N) is 1. The van der Waals surface area contributed by atoms with Crippen LogP contribution in [0.15, 0.2) is 47.8 Å². The van der Waals surface area contributed by atoms with Crippen molar-refractivity contribution in [2.45, 2.75) is 25.0 Å². The van der Waals surface area contributed by atoms with Gasteiger partial charge in [-0.2, -0.15) is 0 Å². The van der Waals surface area contributed by atoms with Gasteiger partial charge in [0.1, 0.15) is 11.6 Å². The summed E-state index contributed by atoms with van der Waals surface area (Å²) in [5.41, 5.74) is 1.96. The molecule has 0 aliphatic heterocycles. The lowest BCUT2D eigenvalue weighted by atomic mass is 10.2. The molecule has 0 spiro atoms. The Kier molecular flexibility index (Phi) is 6.24. The monoisotopic (exact) mass is 385 g/mol. The molecule has 2 aromatic heterocycles. The van der Waals surface area contributed by atoms with E-state index >= 15 is 0 Å². The highest BCUT2D eigenvalue weighted by Gasteiger charge is 2.10. The van der Waals surface area contributed by atoms with Gasteiger partial charge < -0.3 is 19.4 Å². The Morgan fingerprint density at radius 1 is 1.19 bits per heavy atom. The van der Waals surface area contributed by atoms with Crippen LogP contribution in [0.4, 0.5) is 0 Å². The van der Waals surface area contributed by atoms with Crippen LogP contribution in [0.3, 0.4) is 0 Å². The van der Waals surface area contributed by atoms with Crippen LogP contribution in [0.1, 0.15) is 12.5 Å². The van der Waals surface area contributed by atoms with Crippen molar-refractivity contribution in [3.8, 4) is 11.5 Å². The summed E-state index contributed by atoms with van der Waals surface area (Å²) in [6.07, 6.45) is 3.72. The van der Waals surface area contributed by atoms with E-state index in [0.717, 1.165) is 27.2 Å². The number of pyridine rings is 1. The van der Waals surface area contributed by atoms with Crippen LogP contribution in [0.5, 0.6) is 11.5 Å². The molecule has 7 heteroatoms. The summed E-state index contributed by atoms with van der Waals surface area (Å²) in [4.78, 5) is 16.8. The molecule has 0 bridgehead atoms. The van der Waals surface area contributed by atoms with E-state index in [9.17, 15) is 4.79 Å². The third-order valence-electron chi connectivity index (χ3n) is 4.19. The van der Waals surface area contributed by atoms with Crippen molar-refractivity contribution < 1.29 is 14.3 Å². The van der Waals surface area contributed by atoms with Crippen molar-refractivity contribution >= 4 is 28.6 Å². The summed E-state index contributed by atoms with van der Waals surface area (Å²) in [7, 11) is 3.19. The summed E-state index contributed by atoms with van der Waals surface area (Å²) < 4.78 is 12.5. The number of amides is 1. The number of carbonyl (C=O) groups is 1. The molecule has 1 N–H and O–H groups in total. The first kappa shape index (κ1) is 19.1. The maximum absolute atomic E-state index is 12.4. The van der Waals surface area contributed by atoms with Crippen molar-refractivity contribution in [2.75, 3.05) is 20.0 Å². The Morgan fingerprint density at radius 2 is 2.00 bits per heavy atom. The summed E-state index contributed by atoms with van der Waals surface area (Å²) >= 11 is 1.70. The molecule has 6 nitrogen and oxygen atoms in total. The van der Waals surface area contributed by atoms with Crippen LogP contribution in [0.2, 0.25) is 0 Å². The lowest BCUT2D eigenvalue weighted by Crippen LogP contribution is -2.26. The molecule has 0 unspecified atom stereocenters. The minimum atomic E-state index is -0.0520. The number of rotatable bonds is 8. The first-order valence-electron chi connectivity index (χ1n) is 8.70. The van der Waals surface area contributed by atoms with E-state index in [1.165, 1.54) is 0 Å². The Labute approximate surface area is 162 Å². The third-order valence-corrected chi connectivity index (χ3v) is 5.08. The smallest absolute Gasteiger partial charge is 0.240 e. The first-order chi connectivity index (χ1) is 13.2. The van der Waals surface area contributed by atoms with Crippen molar-refractivity contribution in [3.63, 3.8) is 0 Å². The molecule has 1 aromatic carbocycles. The van der Waals surface area contributed by atoms with Crippen LogP contribution in [0.25, 0.3) is 10.9 Å². The average molecular weight is 385 g/mol. The maximum Gasteiger partial charge on any atom is 0.240 e. The predicted octanol–water partition coefficient (Wildman–Crippen LogP) is 3.48. The van der Waals surface area contributed by atoms with E-state index in [0.29, 0.717) is 18.0 Å². The Morgan fingerprint density at radius 3 is 2.74 bits per heavy atom. The molecule has 142 valence electrons. The van der Waals surface area contributed by atoms with Gasteiger partial charge in [-0.25, -0.2) is 4.98 Å². The lowest BCUT2D eigenvalue weighted by molar-refractivity contribution is -0.121. The number of aromatic nitrogens is 2. The molecular weight excluding hydrogens is 362 g/mol. The van der Waals surface area contributed by atoms with Crippen LogP contribution >= 0.6 is 11.8 Å². The number of benzene rings is 1. The van der Waals surface area contributed by atoms with Crippen molar-refractivity contribution in [3.05, 3.63) is 48.3 Å². The fraction of sp³-hybridized carbons (Fsp3) is 0.300. The SMILES string of the molecule is CCSc1nccc2c1ccn2CC(=O)NCc1ccc(OC)c(OC)c1. The van der Waals surface area contributed by atoms with E-state index in [-0.39, 0.29) is 12.5 Å². The zero-order valence-electron chi connectivity index (χ0n) is 15.7. The van der Waals surface area contributed by atoms with Gasteiger partial charge in [0.05, 0.1) is 19.7 Å². The molecule has 0 aliphatic rings. The van der Waals surface area contributed by atoms with Gasteiger partial charge in [0.2, 0.25) is 5.91 Å². The molecule has 0 radical (unpaired) electrons. The minimum absolute atomic E-state index is 0.0520. The number of thioether (sulfide) groups is 1. The second kappa shape index (κ2) is 8.81. The molecule has 3 aromatic rings. The molecule has 1 amide bonds. The average Bonchev–Trinajstić information content (AvgIpc) is 3.10. The highest BCUT2D eigenvalue weighted by atomic mass is 32.2. The highest BCUT2D eigenvalue weighted by Crippen LogP contribution is 2.28. The molecule has 2 heterocycles. The van der Waals surface area contributed by atoms with E-state index in [4.69, 9.17) is 9.47 Å². The van der Waals surface area contributed by atoms with Crippen molar-refractivity contribution in [1.29, 1.82) is 0 Å². The van der Waals surface area contributed by atoms with Crippen LogP contribution in [-0.4, -0.2) is 35.4 Å². The molecule has 0 saturated carbocycles. The van der Waals surface area contributed by atoms with Gasteiger partial charge in [0.25, 0.3) is 0 Å². The van der Waals surface area contributed by atoms with Crippen LogP contribution in [-0.2, 0) is 17.9 Å². The largest absolute Gasteiger partial charge is 0.493 e. The number of fused-ring (bicyclic) bond motifs is 1. The standard InChI is InChI=1S/C20H23N3O3S/c1-4-27-20-15-8-10-23(16(15)7-9-21-20)13-19(24)22-12-14-5-6-17(25-2)18(11-14)26-3/h5-11H,4,12-13H2,1-3H3,(H,22,24). The topological polar surface area (TPSA) is 65.4 Å². The van der Waals surface area contributed by atoms with Gasteiger partial charge in [-0.3, -0.25) is 4.79 Å². The Bertz CT molecular complexity index is 939. The van der Waals surface area contributed by atoms with Gasteiger partial charge in [0, 0.05) is 24.3 Å². The molecule has 0 saturated heterocycles. The van der Waals surface area contributed by atoms with Crippen molar-refractivity contribution in [2.24, 2.45) is 0 Å². The zero-order valence-corrected chi connectivity index (χ0v) is 16.5. The summed E-state index contributed by atoms with van der Waals surface area (Å²) in [5, 5.41) is 5.03. The number of nitrogens with zero attached hydrogens (tertiary/aromatic N) is 2. The molecule has 27 heavy (non-hydrogen) atoms. The van der Waals surface area contributed by atoms with Gasteiger partial charge in [-0.1, -0.05) is 13.0 Å². The van der Waals surface area contributed by atoms with Crippen LogP contribution < -0.4 is 14.8 Å². The molecule has 3 rings (SSSR count). The fourth-order valence-corrected chi connectivity index (χ4v) is 3.62. The molecular formula is C20H23N3O3S. The number of hydrogen-bond donors (Lipinski definition) is 1. The number of methoxy groups -OCH3 is 2. The van der Waals surface area contributed by atoms with E-state index < -0.39 is 0 Å². The highest BCUT2D eigenvalue weighted by molar-refractivity contribution is 7.99. The van der Waals surface area contributed by atoms with E-state index in [1.807, 2.05) is 41.1 Å². The predicted molar refractivity (Wildman–Crippen MR) is 108 cm³/mol. The number of carbonyl (C=O) groups excluding carboxylic acids is 1. The van der Waals surface area contributed by atoms with E-state index in [2.05, 4.69) is 17.2 Å². The summed E-state index contributed by atoms with van der Waals surface area (Å²) in [6.45, 7) is 2.79. The first-order valence-corrected chi connectivity index (χ1v) is 9.69. The quantitative estimate of drug-likeness (QED) is 0.602. The molecule has 0 atom stereocenters. The minimum Gasteiger partial charge on any atom is -0.493 e. The molecule has 0 fully saturated rings. The number of ether oxygens (including phenoxy) is 2. The third kappa shape index (κ3) is 4.36. The second-order valence-electron chi connectivity index (χ2n) is 5.89. The lowest BCUT2D eigenvalue weighted by Gasteiger charge is -2.11. The van der Waals surface area contributed by atoms with Gasteiger partial charge in [-0.05, 0) is 35.6 Å². The summed E-state index contributed by atoms with van der Waals surface area (Å²) in [5.74, 6) is 2.22. The van der Waals surface area contributed by atoms with Crippen molar-refractivity contribution in [1.82, 2.24) is 14.9 Å². The van der Waals surface area contributed by atoms with Gasteiger partial charge in [0.15, 0.2) is 11.5 Å². The Balaban J connectivity index is 1.66. The number of hydrogen-bond acceptors (Lipinski definition) is 5. The Hall–Kier alpha value is -2.67. The second-order valence-corrected chi connectivity index (χ2v) is 7.14. The summed E-state index contributed by atoms with van der Waals surface area (Å²) in [6, 6.07) is 9.56. The maximum atomic E-state index is 12.4. The molecule has 0 aliphatic carbocycles. The van der Waals surface area contributed by atoms with E-state index in [1.54, 1.807) is 32.2 Å². The van der Waals surface area contributed by atoms with Gasteiger partial charge in [-0.15, -0.1) is 11.8 Å². The van der Waals surface area contributed by atoms with Crippen LogP contribution in [0, 0.1) is 0 Å². The fourth-order valence-electron chi connectivity index (χ4n) is 2.89. The normalized spacial score (nSPS) is 10.8.